The molecule has 0 saturated carbocycles. The highest BCUT2D eigenvalue weighted by molar-refractivity contribution is 7.87. The van der Waals surface area contributed by atoms with Crippen LogP contribution in [0.2, 0.25) is 0 Å². The lowest BCUT2D eigenvalue weighted by Crippen LogP contribution is -2.48. The molecule has 1 aliphatic rings. The fourth-order valence-corrected chi connectivity index (χ4v) is 3.98. The second-order valence-electron chi connectivity index (χ2n) is 5.65. The molecular weight excluding hydrogens is 252 g/mol. The van der Waals surface area contributed by atoms with Gasteiger partial charge in [-0.05, 0) is 38.0 Å². The number of nitrogens with one attached hydrogen (secondary N) is 1. The summed E-state index contributed by atoms with van der Waals surface area (Å²) in [5.41, 5.74) is 0. The van der Waals surface area contributed by atoms with Crippen molar-refractivity contribution < 1.29 is 13.5 Å². The Bertz CT molecular complexity index is 333. The highest BCUT2D eigenvalue weighted by Crippen LogP contribution is 2.22. The van der Waals surface area contributed by atoms with Crippen LogP contribution in [0.4, 0.5) is 0 Å². The summed E-state index contributed by atoms with van der Waals surface area (Å²) in [6, 6.07) is 0. The molecule has 6 heteroatoms. The van der Waals surface area contributed by atoms with Crippen LogP contribution in [0.3, 0.4) is 0 Å². The van der Waals surface area contributed by atoms with Crippen LogP contribution in [0.5, 0.6) is 0 Å². The Kier molecular flexibility index (Phi) is 6.04. The zero-order valence-corrected chi connectivity index (χ0v) is 12.4. The standard InChI is InChI=1S/C12H26N2O3S/c1-10-7-11(2)9-14(8-10)18(16,17)13-6-4-5-12(3)15/h10-13,15H,4-9H2,1-3H3. The molecule has 0 aromatic carbocycles. The van der Waals surface area contributed by atoms with E-state index in [0.29, 0.717) is 44.3 Å². The minimum atomic E-state index is -3.35. The second kappa shape index (κ2) is 6.84. The molecule has 1 aliphatic heterocycles. The van der Waals surface area contributed by atoms with Gasteiger partial charge in [0.05, 0.1) is 6.10 Å². The zero-order chi connectivity index (χ0) is 13.8. The molecule has 1 fully saturated rings. The monoisotopic (exact) mass is 278 g/mol. The number of aliphatic hydroxyl groups excluding tert-OH is 1. The molecule has 0 aliphatic carbocycles. The lowest BCUT2D eigenvalue weighted by molar-refractivity contribution is 0.181. The molecule has 3 atom stereocenters. The van der Waals surface area contributed by atoms with E-state index in [2.05, 4.69) is 18.6 Å². The molecule has 108 valence electrons. The maximum atomic E-state index is 12.1. The Morgan fingerprint density at radius 2 is 1.89 bits per heavy atom. The molecule has 0 radical (unpaired) electrons. The summed E-state index contributed by atoms with van der Waals surface area (Å²) in [6.07, 6.45) is 2.00. The largest absolute Gasteiger partial charge is 0.393 e. The Labute approximate surface area is 111 Å². The summed E-state index contributed by atoms with van der Waals surface area (Å²) >= 11 is 0. The summed E-state index contributed by atoms with van der Waals surface area (Å²) in [5.74, 6) is 0.838. The molecule has 1 saturated heterocycles. The normalized spacial score (nSPS) is 28.2. The van der Waals surface area contributed by atoms with Crippen molar-refractivity contribution in [3.63, 3.8) is 0 Å². The smallest absolute Gasteiger partial charge is 0.279 e. The average Bonchev–Trinajstić information content (AvgIpc) is 2.23. The van der Waals surface area contributed by atoms with Gasteiger partial charge in [-0.1, -0.05) is 13.8 Å². The lowest BCUT2D eigenvalue weighted by Gasteiger charge is -2.33. The van der Waals surface area contributed by atoms with Crippen molar-refractivity contribution in [3.05, 3.63) is 0 Å². The fraction of sp³-hybridized carbons (Fsp3) is 1.00. The highest BCUT2D eigenvalue weighted by atomic mass is 32.2. The Morgan fingerprint density at radius 1 is 1.33 bits per heavy atom. The predicted octanol–water partition coefficient (Wildman–Crippen LogP) is 0.960. The first-order valence-corrected chi connectivity index (χ1v) is 8.18. The van der Waals surface area contributed by atoms with Gasteiger partial charge in [0, 0.05) is 19.6 Å². The third-order valence-corrected chi connectivity index (χ3v) is 4.81. The van der Waals surface area contributed by atoms with Crippen LogP contribution < -0.4 is 4.72 Å². The van der Waals surface area contributed by atoms with Crippen LogP contribution in [0.25, 0.3) is 0 Å². The van der Waals surface area contributed by atoms with E-state index < -0.39 is 10.2 Å². The van der Waals surface area contributed by atoms with Crippen molar-refractivity contribution >= 4 is 10.2 Å². The van der Waals surface area contributed by atoms with Gasteiger partial charge >= 0.3 is 0 Å². The molecule has 3 unspecified atom stereocenters. The number of rotatable bonds is 6. The van der Waals surface area contributed by atoms with Gasteiger partial charge in [-0.15, -0.1) is 0 Å². The van der Waals surface area contributed by atoms with Gasteiger partial charge in [-0.25, -0.2) is 4.72 Å². The Balaban J connectivity index is 2.42. The molecule has 0 aromatic rings. The lowest BCUT2D eigenvalue weighted by atomic mass is 9.94. The molecule has 0 bridgehead atoms. The molecule has 0 aromatic heterocycles. The summed E-state index contributed by atoms with van der Waals surface area (Å²) in [6.45, 7) is 7.50. The summed E-state index contributed by atoms with van der Waals surface area (Å²) in [5, 5.41) is 9.11. The first-order valence-electron chi connectivity index (χ1n) is 6.74. The van der Waals surface area contributed by atoms with Crippen molar-refractivity contribution in [3.8, 4) is 0 Å². The number of nitrogens with zero attached hydrogens (tertiary/aromatic N) is 1. The predicted molar refractivity (Wildman–Crippen MR) is 72.4 cm³/mol. The maximum absolute atomic E-state index is 12.1. The second-order valence-corrected chi connectivity index (χ2v) is 7.41. The number of hydrogen-bond donors (Lipinski definition) is 2. The quantitative estimate of drug-likeness (QED) is 0.711. The number of piperidine rings is 1. The topological polar surface area (TPSA) is 69.6 Å². The van der Waals surface area contributed by atoms with Crippen LogP contribution in [-0.2, 0) is 10.2 Å². The summed E-state index contributed by atoms with van der Waals surface area (Å²) < 4.78 is 28.3. The van der Waals surface area contributed by atoms with Gasteiger partial charge in [-0.3, -0.25) is 0 Å². The summed E-state index contributed by atoms with van der Waals surface area (Å²) in [4.78, 5) is 0. The third kappa shape index (κ3) is 5.22. The van der Waals surface area contributed by atoms with Crippen LogP contribution in [0.1, 0.15) is 40.0 Å². The van der Waals surface area contributed by atoms with E-state index in [0.717, 1.165) is 6.42 Å². The summed E-state index contributed by atoms with van der Waals surface area (Å²) in [7, 11) is -3.35. The van der Waals surface area contributed by atoms with Gasteiger partial charge in [-0.2, -0.15) is 12.7 Å². The Morgan fingerprint density at radius 3 is 2.39 bits per heavy atom. The first kappa shape index (κ1) is 15.9. The molecular formula is C12H26N2O3S. The SMILES string of the molecule is CC(O)CCCNS(=O)(=O)N1CC(C)CC(C)C1. The van der Waals surface area contributed by atoms with E-state index >= 15 is 0 Å². The molecule has 18 heavy (non-hydrogen) atoms. The zero-order valence-electron chi connectivity index (χ0n) is 11.6. The van der Waals surface area contributed by atoms with E-state index in [1.54, 1.807) is 11.2 Å². The van der Waals surface area contributed by atoms with E-state index in [9.17, 15) is 8.42 Å². The van der Waals surface area contributed by atoms with Gasteiger partial charge in [0.2, 0.25) is 0 Å². The van der Waals surface area contributed by atoms with Crippen LogP contribution in [-0.4, -0.2) is 43.6 Å². The highest BCUT2D eigenvalue weighted by Gasteiger charge is 2.29. The number of aliphatic hydroxyl groups is 1. The average molecular weight is 278 g/mol. The molecule has 5 nitrogen and oxygen atoms in total. The van der Waals surface area contributed by atoms with Crippen molar-refractivity contribution in [2.45, 2.75) is 46.1 Å². The van der Waals surface area contributed by atoms with Gasteiger partial charge < -0.3 is 5.11 Å². The van der Waals surface area contributed by atoms with Crippen molar-refractivity contribution in [2.24, 2.45) is 11.8 Å². The van der Waals surface area contributed by atoms with Crippen molar-refractivity contribution in [1.29, 1.82) is 0 Å². The van der Waals surface area contributed by atoms with E-state index in [-0.39, 0.29) is 6.10 Å². The van der Waals surface area contributed by atoms with Crippen LogP contribution >= 0.6 is 0 Å². The van der Waals surface area contributed by atoms with Crippen molar-refractivity contribution in [1.82, 2.24) is 9.03 Å². The Hall–Kier alpha value is -0.170. The maximum Gasteiger partial charge on any atom is 0.279 e. The van der Waals surface area contributed by atoms with Crippen molar-refractivity contribution in [2.75, 3.05) is 19.6 Å². The molecule has 2 N–H and O–H groups in total. The van der Waals surface area contributed by atoms with E-state index in [4.69, 9.17) is 5.11 Å². The van der Waals surface area contributed by atoms with E-state index in [1.165, 1.54) is 0 Å². The van der Waals surface area contributed by atoms with Gasteiger partial charge in [0.15, 0.2) is 0 Å². The molecule has 1 rings (SSSR count). The fourth-order valence-electron chi connectivity index (χ4n) is 2.49. The first-order chi connectivity index (χ1) is 8.31. The third-order valence-electron chi connectivity index (χ3n) is 3.26. The minimum Gasteiger partial charge on any atom is -0.393 e. The molecule has 1 heterocycles. The minimum absolute atomic E-state index is 0.371. The molecule has 0 amide bonds. The van der Waals surface area contributed by atoms with E-state index in [1.807, 2.05) is 0 Å². The van der Waals surface area contributed by atoms with Gasteiger partial charge in [0.1, 0.15) is 0 Å². The molecule has 0 spiro atoms. The number of hydrogen-bond acceptors (Lipinski definition) is 3. The van der Waals surface area contributed by atoms with Gasteiger partial charge in [0.25, 0.3) is 10.2 Å². The van der Waals surface area contributed by atoms with Crippen LogP contribution in [0, 0.1) is 11.8 Å². The van der Waals surface area contributed by atoms with Crippen LogP contribution in [0.15, 0.2) is 0 Å².